The number of carbonyl (C=O) groups excluding carboxylic acids is 1. The number of carbonyl (C=O) groups is 1. The van der Waals surface area contributed by atoms with Gasteiger partial charge in [0.2, 0.25) is 0 Å². The van der Waals surface area contributed by atoms with Gasteiger partial charge in [0, 0.05) is 10.5 Å². The summed E-state index contributed by atoms with van der Waals surface area (Å²) in [4.78, 5) is 11.6. The van der Waals surface area contributed by atoms with Crippen LogP contribution in [0.1, 0.15) is 24.8 Å². The first-order chi connectivity index (χ1) is 7.66. The van der Waals surface area contributed by atoms with E-state index in [1.165, 1.54) is 6.42 Å². The molecule has 0 saturated heterocycles. The first-order valence-corrected chi connectivity index (χ1v) is 6.29. The Labute approximate surface area is 104 Å². The van der Waals surface area contributed by atoms with E-state index >= 15 is 0 Å². The third-order valence-corrected chi connectivity index (χ3v) is 3.93. The number of anilines is 1. The lowest BCUT2D eigenvalue weighted by Gasteiger charge is -2.26. The third kappa shape index (κ3) is 2.55. The molecule has 2 N–H and O–H groups in total. The molecule has 1 aliphatic carbocycles. The Morgan fingerprint density at radius 1 is 1.44 bits per heavy atom. The van der Waals surface area contributed by atoms with E-state index in [1.54, 1.807) is 0 Å². The van der Waals surface area contributed by atoms with Crippen LogP contribution < -0.4 is 10.6 Å². The molecule has 1 saturated carbocycles. The van der Waals surface area contributed by atoms with Crippen molar-refractivity contribution in [2.24, 2.45) is 0 Å². The van der Waals surface area contributed by atoms with Crippen molar-refractivity contribution in [2.75, 3.05) is 5.32 Å². The average Bonchev–Trinajstić information content (AvgIpc) is 2.19. The van der Waals surface area contributed by atoms with E-state index in [0.29, 0.717) is 6.04 Å². The zero-order valence-corrected chi connectivity index (χ0v) is 10.8. The molecular weight excluding hydrogens is 268 g/mol. The zero-order chi connectivity index (χ0) is 11.5. The molecule has 0 unspecified atom stereocenters. The lowest BCUT2D eigenvalue weighted by atomic mass is 9.93. The minimum Gasteiger partial charge on any atom is -0.335 e. The third-order valence-electron chi connectivity index (χ3n) is 2.88. The van der Waals surface area contributed by atoms with E-state index in [1.807, 2.05) is 25.1 Å². The predicted molar refractivity (Wildman–Crippen MR) is 68.7 cm³/mol. The number of hydrogen-bond donors (Lipinski definition) is 2. The highest BCUT2D eigenvalue weighted by Gasteiger charge is 2.19. The van der Waals surface area contributed by atoms with E-state index in [0.717, 1.165) is 28.6 Å². The summed E-state index contributed by atoms with van der Waals surface area (Å²) >= 11 is 3.46. The molecular formula is C12H15BrN2O. The van der Waals surface area contributed by atoms with Gasteiger partial charge in [0.15, 0.2) is 0 Å². The monoisotopic (exact) mass is 282 g/mol. The largest absolute Gasteiger partial charge is 0.335 e. The van der Waals surface area contributed by atoms with E-state index in [9.17, 15) is 4.79 Å². The van der Waals surface area contributed by atoms with Crippen LogP contribution in [0.15, 0.2) is 22.7 Å². The van der Waals surface area contributed by atoms with Crippen LogP contribution in [-0.2, 0) is 0 Å². The van der Waals surface area contributed by atoms with Crippen molar-refractivity contribution in [1.29, 1.82) is 0 Å². The highest BCUT2D eigenvalue weighted by atomic mass is 79.9. The van der Waals surface area contributed by atoms with E-state index < -0.39 is 0 Å². The number of aryl methyl sites for hydroxylation is 1. The second kappa shape index (κ2) is 4.87. The van der Waals surface area contributed by atoms with Gasteiger partial charge in [0.05, 0.1) is 5.69 Å². The summed E-state index contributed by atoms with van der Waals surface area (Å²) in [5, 5.41) is 5.79. The SMILES string of the molecule is Cc1cccc(NC(=O)NC2CCC2)c1Br. The second-order valence-electron chi connectivity index (χ2n) is 4.16. The Hall–Kier alpha value is -1.03. The fraction of sp³-hybridized carbons (Fsp3) is 0.417. The van der Waals surface area contributed by atoms with Gasteiger partial charge in [0.1, 0.15) is 0 Å². The van der Waals surface area contributed by atoms with E-state index in [-0.39, 0.29) is 6.03 Å². The number of amides is 2. The average molecular weight is 283 g/mol. The van der Waals surface area contributed by atoms with Crippen molar-refractivity contribution >= 4 is 27.6 Å². The molecule has 1 aliphatic rings. The van der Waals surface area contributed by atoms with Gasteiger partial charge in [-0.1, -0.05) is 12.1 Å². The maximum atomic E-state index is 11.6. The van der Waals surface area contributed by atoms with Gasteiger partial charge in [-0.15, -0.1) is 0 Å². The first-order valence-electron chi connectivity index (χ1n) is 5.49. The summed E-state index contributed by atoms with van der Waals surface area (Å²) in [5.41, 5.74) is 1.93. The Morgan fingerprint density at radius 2 is 2.19 bits per heavy atom. The van der Waals surface area contributed by atoms with Crippen LogP contribution in [0.2, 0.25) is 0 Å². The second-order valence-corrected chi connectivity index (χ2v) is 4.96. The topological polar surface area (TPSA) is 41.1 Å². The quantitative estimate of drug-likeness (QED) is 0.857. The van der Waals surface area contributed by atoms with Crippen molar-refractivity contribution < 1.29 is 4.79 Å². The summed E-state index contributed by atoms with van der Waals surface area (Å²) in [5.74, 6) is 0. The van der Waals surface area contributed by atoms with Gasteiger partial charge >= 0.3 is 6.03 Å². The van der Waals surface area contributed by atoms with Gasteiger partial charge in [-0.05, 0) is 53.7 Å². The number of urea groups is 1. The van der Waals surface area contributed by atoms with Crippen molar-refractivity contribution in [1.82, 2.24) is 5.32 Å². The van der Waals surface area contributed by atoms with Crippen molar-refractivity contribution in [3.8, 4) is 0 Å². The smallest absolute Gasteiger partial charge is 0.319 e. The van der Waals surface area contributed by atoms with E-state index in [2.05, 4.69) is 26.6 Å². The Morgan fingerprint density at radius 3 is 2.81 bits per heavy atom. The van der Waals surface area contributed by atoms with Crippen LogP contribution >= 0.6 is 15.9 Å². The van der Waals surface area contributed by atoms with Gasteiger partial charge < -0.3 is 10.6 Å². The summed E-state index contributed by atoms with van der Waals surface area (Å²) in [6, 6.07) is 6.06. The minimum atomic E-state index is -0.115. The molecule has 2 rings (SSSR count). The number of hydrogen-bond acceptors (Lipinski definition) is 1. The Bertz CT molecular complexity index is 402. The first kappa shape index (κ1) is 11.5. The lowest BCUT2D eigenvalue weighted by Crippen LogP contribution is -2.41. The van der Waals surface area contributed by atoms with Gasteiger partial charge in [-0.2, -0.15) is 0 Å². The highest BCUT2D eigenvalue weighted by molar-refractivity contribution is 9.10. The van der Waals surface area contributed by atoms with Crippen LogP contribution in [0.4, 0.5) is 10.5 Å². The molecule has 4 heteroatoms. The normalized spacial score (nSPS) is 15.4. The van der Waals surface area contributed by atoms with Gasteiger partial charge in [-0.25, -0.2) is 4.79 Å². The van der Waals surface area contributed by atoms with Crippen LogP contribution in [0.3, 0.4) is 0 Å². The summed E-state index contributed by atoms with van der Waals surface area (Å²) < 4.78 is 0.943. The maximum absolute atomic E-state index is 11.6. The number of nitrogens with one attached hydrogen (secondary N) is 2. The van der Waals surface area contributed by atoms with E-state index in [4.69, 9.17) is 0 Å². The fourth-order valence-electron chi connectivity index (χ4n) is 1.64. The predicted octanol–water partition coefficient (Wildman–Crippen LogP) is 3.43. The van der Waals surface area contributed by atoms with Crippen LogP contribution in [-0.4, -0.2) is 12.1 Å². The molecule has 1 aromatic rings. The Balaban J connectivity index is 1.97. The lowest BCUT2D eigenvalue weighted by molar-refractivity contribution is 0.240. The molecule has 0 aliphatic heterocycles. The maximum Gasteiger partial charge on any atom is 0.319 e. The molecule has 16 heavy (non-hydrogen) atoms. The molecule has 86 valence electrons. The van der Waals surface area contributed by atoms with Gasteiger partial charge in [-0.3, -0.25) is 0 Å². The molecule has 2 amide bonds. The highest BCUT2D eigenvalue weighted by Crippen LogP contribution is 2.26. The molecule has 0 bridgehead atoms. The van der Waals surface area contributed by atoms with Crippen LogP contribution in [0.25, 0.3) is 0 Å². The molecule has 1 fully saturated rings. The summed E-state index contributed by atoms with van der Waals surface area (Å²) in [6.07, 6.45) is 3.42. The van der Waals surface area contributed by atoms with Crippen LogP contribution in [0, 0.1) is 6.92 Å². The number of rotatable bonds is 2. The number of benzene rings is 1. The van der Waals surface area contributed by atoms with Crippen molar-refractivity contribution in [3.63, 3.8) is 0 Å². The van der Waals surface area contributed by atoms with Crippen molar-refractivity contribution in [2.45, 2.75) is 32.2 Å². The fourth-order valence-corrected chi connectivity index (χ4v) is 2.00. The zero-order valence-electron chi connectivity index (χ0n) is 9.22. The minimum absolute atomic E-state index is 0.115. The molecule has 0 spiro atoms. The molecule has 1 aromatic carbocycles. The molecule has 0 radical (unpaired) electrons. The van der Waals surface area contributed by atoms with Crippen molar-refractivity contribution in [3.05, 3.63) is 28.2 Å². The van der Waals surface area contributed by atoms with Gasteiger partial charge in [0.25, 0.3) is 0 Å². The molecule has 0 atom stereocenters. The van der Waals surface area contributed by atoms with Crippen LogP contribution in [0.5, 0.6) is 0 Å². The number of halogens is 1. The summed E-state index contributed by atoms with van der Waals surface area (Å²) in [6.45, 7) is 2.00. The molecule has 3 nitrogen and oxygen atoms in total. The molecule has 0 heterocycles. The summed E-state index contributed by atoms with van der Waals surface area (Å²) in [7, 11) is 0. The Kier molecular flexibility index (Phi) is 3.49. The molecule has 0 aromatic heterocycles. The standard InChI is InChI=1S/C12H15BrN2O/c1-8-4-2-7-10(11(8)13)15-12(16)14-9-5-3-6-9/h2,4,7,9H,3,5-6H2,1H3,(H2,14,15,16).